The number of anilines is 1. The molecule has 5 nitrogen and oxygen atoms in total. The van der Waals surface area contributed by atoms with Gasteiger partial charge in [0.15, 0.2) is 0 Å². The van der Waals surface area contributed by atoms with Gasteiger partial charge < -0.3 is 4.90 Å². The SMILES string of the molecule is C#CCN1CN(C(C)(C)C#C)CN(c2snc(CC)c2C)C1=O. The Labute approximate surface area is 142 Å². The Morgan fingerprint density at radius 2 is 2.04 bits per heavy atom. The Kier molecular flexibility index (Phi) is 4.99. The summed E-state index contributed by atoms with van der Waals surface area (Å²) in [6, 6.07) is -0.0959. The minimum Gasteiger partial charge on any atom is -0.300 e. The third-order valence-corrected chi connectivity index (χ3v) is 5.17. The first-order valence-electron chi connectivity index (χ1n) is 7.53. The minimum atomic E-state index is -0.474. The lowest BCUT2D eigenvalue weighted by Crippen LogP contribution is -2.63. The molecule has 1 aromatic rings. The van der Waals surface area contributed by atoms with Crippen LogP contribution >= 0.6 is 11.5 Å². The molecular formula is C17H22N4OS. The number of hydrogen-bond donors (Lipinski definition) is 0. The molecule has 1 aliphatic heterocycles. The van der Waals surface area contributed by atoms with Crippen LogP contribution in [0.4, 0.5) is 9.80 Å². The van der Waals surface area contributed by atoms with Crippen LogP contribution in [0.1, 0.15) is 32.0 Å². The molecule has 1 aromatic heterocycles. The van der Waals surface area contributed by atoms with E-state index in [0.29, 0.717) is 13.3 Å². The maximum atomic E-state index is 12.8. The first kappa shape index (κ1) is 17.3. The molecule has 0 bridgehead atoms. The Morgan fingerprint density at radius 3 is 2.57 bits per heavy atom. The highest BCUT2D eigenvalue weighted by atomic mass is 32.1. The van der Waals surface area contributed by atoms with Crippen molar-refractivity contribution in [2.75, 3.05) is 24.8 Å². The van der Waals surface area contributed by atoms with Crippen LogP contribution in [0, 0.1) is 31.6 Å². The van der Waals surface area contributed by atoms with Crippen molar-refractivity contribution in [1.29, 1.82) is 0 Å². The summed E-state index contributed by atoms with van der Waals surface area (Å²) in [5, 5.41) is 0.867. The second-order valence-electron chi connectivity index (χ2n) is 6.05. The highest BCUT2D eigenvalue weighted by Crippen LogP contribution is 2.32. The van der Waals surface area contributed by atoms with Crippen molar-refractivity contribution in [1.82, 2.24) is 14.2 Å². The monoisotopic (exact) mass is 330 g/mol. The van der Waals surface area contributed by atoms with Crippen molar-refractivity contribution in [3.8, 4) is 24.7 Å². The van der Waals surface area contributed by atoms with E-state index in [2.05, 4.69) is 28.0 Å². The molecule has 0 aromatic carbocycles. The summed E-state index contributed by atoms with van der Waals surface area (Å²) in [7, 11) is 0. The topological polar surface area (TPSA) is 39.7 Å². The molecule has 23 heavy (non-hydrogen) atoms. The average Bonchev–Trinajstić information content (AvgIpc) is 2.90. The zero-order chi connectivity index (χ0) is 17.2. The van der Waals surface area contributed by atoms with Crippen LogP contribution in [0.2, 0.25) is 0 Å². The molecule has 0 N–H and O–H groups in total. The van der Waals surface area contributed by atoms with Gasteiger partial charge >= 0.3 is 6.03 Å². The third-order valence-electron chi connectivity index (χ3n) is 4.16. The molecule has 0 radical (unpaired) electrons. The fourth-order valence-corrected chi connectivity index (χ4v) is 3.43. The van der Waals surface area contributed by atoms with Gasteiger partial charge in [0.05, 0.1) is 31.1 Å². The van der Waals surface area contributed by atoms with Gasteiger partial charge in [-0.25, -0.2) is 4.79 Å². The van der Waals surface area contributed by atoms with Gasteiger partial charge in [0, 0.05) is 5.56 Å². The maximum absolute atomic E-state index is 12.8. The number of nitrogens with zero attached hydrogens (tertiary/aromatic N) is 4. The van der Waals surface area contributed by atoms with Gasteiger partial charge in [-0.3, -0.25) is 9.80 Å². The van der Waals surface area contributed by atoms with Gasteiger partial charge in [-0.15, -0.1) is 12.8 Å². The van der Waals surface area contributed by atoms with Crippen LogP contribution in [0.15, 0.2) is 0 Å². The van der Waals surface area contributed by atoms with E-state index in [1.54, 1.807) is 9.80 Å². The Bertz CT molecular complexity index is 680. The summed E-state index contributed by atoms with van der Waals surface area (Å²) in [6.45, 7) is 9.10. The molecule has 0 atom stereocenters. The Hall–Kier alpha value is -2.02. The van der Waals surface area contributed by atoms with E-state index in [-0.39, 0.29) is 12.6 Å². The molecule has 0 saturated carbocycles. The van der Waals surface area contributed by atoms with Crippen LogP contribution in [0.25, 0.3) is 0 Å². The fraction of sp³-hybridized carbons (Fsp3) is 0.529. The zero-order valence-corrected chi connectivity index (χ0v) is 14.9. The summed E-state index contributed by atoms with van der Waals surface area (Å²) in [5.41, 5.74) is 1.60. The number of carbonyl (C=O) groups is 1. The molecule has 1 aliphatic rings. The second kappa shape index (κ2) is 6.62. The van der Waals surface area contributed by atoms with Gasteiger partial charge in [0.25, 0.3) is 0 Å². The molecule has 2 rings (SSSR count). The van der Waals surface area contributed by atoms with Gasteiger partial charge in [0.1, 0.15) is 5.00 Å². The number of terminal acetylenes is 2. The summed E-state index contributed by atoms with van der Waals surface area (Å²) in [6.07, 6.45) is 11.9. The molecule has 0 unspecified atom stereocenters. The van der Waals surface area contributed by atoms with Gasteiger partial charge in [0.2, 0.25) is 0 Å². The average molecular weight is 330 g/mol. The highest BCUT2D eigenvalue weighted by Gasteiger charge is 2.38. The maximum Gasteiger partial charge on any atom is 0.328 e. The standard InChI is InChI=1S/C17H22N4OS/c1-7-10-19-11-20(17(5,6)9-3)12-21(16(19)22)15-13(4)14(8-2)18-23-15/h1,3H,8,10-12H2,2,4-6H3. The van der Waals surface area contributed by atoms with E-state index in [9.17, 15) is 4.79 Å². The number of aromatic nitrogens is 1. The van der Waals surface area contributed by atoms with E-state index >= 15 is 0 Å². The second-order valence-corrected chi connectivity index (χ2v) is 6.80. The number of aryl methyl sites for hydroxylation is 1. The van der Waals surface area contributed by atoms with Crippen molar-refractivity contribution in [2.45, 2.75) is 39.7 Å². The van der Waals surface area contributed by atoms with Crippen LogP contribution in [0.5, 0.6) is 0 Å². The van der Waals surface area contributed by atoms with Crippen molar-refractivity contribution in [3.63, 3.8) is 0 Å². The van der Waals surface area contributed by atoms with Crippen LogP contribution in [-0.4, -0.2) is 45.6 Å². The van der Waals surface area contributed by atoms with E-state index in [0.717, 1.165) is 22.7 Å². The van der Waals surface area contributed by atoms with Crippen LogP contribution < -0.4 is 4.90 Å². The Balaban J connectivity index is 2.40. The molecule has 122 valence electrons. The molecule has 2 amide bonds. The predicted molar refractivity (Wildman–Crippen MR) is 94.1 cm³/mol. The number of urea groups is 1. The van der Waals surface area contributed by atoms with Gasteiger partial charge in [-0.2, -0.15) is 4.37 Å². The highest BCUT2D eigenvalue weighted by molar-refractivity contribution is 7.10. The van der Waals surface area contributed by atoms with Crippen molar-refractivity contribution < 1.29 is 4.79 Å². The molecule has 0 spiro atoms. The van der Waals surface area contributed by atoms with Crippen molar-refractivity contribution in [2.24, 2.45) is 0 Å². The summed E-state index contributed by atoms with van der Waals surface area (Å²) >= 11 is 1.35. The molecule has 2 heterocycles. The Morgan fingerprint density at radius 1 is 1.35 bits per heavy atom. The lowest BCUT2D eigenvalue weighted by Gasteiger charge is -2.46. The van der Waals surface area contributed by atoms with Gasteiger partial charge in [-0.1, -0.05) is 18.8 Å². The van der Waals surface area contributed by atoms with E-state index in [1.807, 2.05) is 20.8 Å². The molecule has 6 heteroatoms. The van der Waals surface area contributed by atoms with Gasteiger partial charge in [-0.05, 0) is 38.7 Å². The third kappa shape index (κ3) is 3.19. The number of carbonyl (C=O) groups excluding carboxylic acids is 1. The molecular weight excluding hydrogens is 308 g/mol. The number of hydrogen-bond acceptors (Lipinski definition) is 4. The normalized spacial score (nSPS) is 16.3. The van der Waals surface area contributed by atoms with E-state index in [1.165, 1.54) is 11.5 Å². The first-order chi connectivity index (χ1) is 10.9. The first-order valence-corrected chi connectivity index (χ1v) is 8.30. The quantitative estimate of drug-likeness (QED) is 0.797. The number of amides is 2. The lowest BCUT2D eigenvalue weighted by atomic mass is 10.1. The summed E-state index contributed by atoms with van der Waals surface area (Å²) < 4.78 is 4.45. The van der Waals surface area contributed by atoms with E-state index in [4.69, 9.17) is 12.8 Å². The van der Waals surface area contributed by atoms with Crippen LogP contribution in [-0.2, 0) is 6.42 Å². The van der Waals surface area contributed by atoms with Crippen molar-refractivity contribution >= 4 is 22.6 Å². The van der Waals surface area contributed by atoms with Crippen molar-refractivity contribution in [3.05, 3.63) is 11.3 Å². The smallest absolute Gasteiger partial charge is 0.300 e. The predicted octanol–water partition coefficient (Wildman–Crippen LogP) is 2.52. The largest absolute Gasteiger partial charge is 0.328 e. The van der Waals surface area contributed by atoms with Crippen LogP contribution in [0.3, 0.4) is 0 Å². The molecule has 1 saturated heterocycles. The molecule has 0 aliphatic carbocycles. The summed E-state index contributed by atoms with van der Waals surface area (Å²) in [5.74, 6) is 5.34. The fourth-order valence-electron chi connectivity index (χ4n) is 2.48. The van der Waals surface area contributed by atoms with E-state index < -0.39 is 5.54 Å². The lowest BCUT2D eigenvalue weighted by molar-refractivity contribution is 0.0755. The molecule has 1 fully saturated rings. The minimum absolute atomic E-state index is 0.0959. The number of rotatable bonds is 4. The summed E-state index contributed by atoms with van der Waals surface area (Å²) in [4.78, 5) is 18.2. The zero-order valence-electron chi connectivity index (χ0n) is 14.1.